The third-order valence-corrected chi connectivity index (χ3v) is 9.80. The van der Waals surface area contributed by atoms with E-state index in [-0.39, 0.29) is 17.2 Å². The average molecular weight is 667 g/mol. The molecule has 1 saturated heterocycles. The smallest absolute Gasteiger partial charge is 0.248 e. The Bertz CT molecular complexity index is 2170. The Kier molecular flexibility index (Phi) is 8.15. The van der Waals surface area contributed by atoms with Crippen molar-refractivity contribution in [2.75, 3.05) is 37.0 Å². The first-order valence-electron chi connectivity index (χ1n) is 16.5. The summed E-state index contributed by atoms with van der Waals surface area (Å²) in [5, 5.41) is 6.26. The molecule has 9 nitrogen and oxygen atoms in total. The van der Waals surface area contributed by atoms with Crippen molar-refractivity contribution in [3.8, 4) is 11.1 Å². The number of carbonyl (C=O) groups is 2. The second kappa shape index (κ2) is 12.2. The van der Waals surface area contributed by atoms with Gasteiger partial charge in [0.15, 0.2) is 5.78 Å². The van der Waals surface area contributed by atoms with Crippen molar-refractivity contribution in [1.29, 1.82) is 0 Å². The number of fused-ring (bicyclic) bond motifs is 4. The molecule has 3 aromatic carbocycles. The van der Waals surface area contributed by atoms with E-state index in [0.717, 1.165) is 63.3 Å². The summed E-state index contributed by atoms with van der Waals surface area (Å²) in [7, 11) is 4.06. The van der Waals surface area contributed by atoms with Gasteiger partial charge in [-0.3, -0.25) is 9.59 Å². The van der Waals surface area contributed by atoms with Crippen LogP contribution in [-0.2, 0) is 23.1 Å². The van der Waals surface area contributed by atoms with Crippen LogP contribution in [0.3, 0.4) is 0 Å². The van der Waals surface area contributed by atoms with Crippen LogP contribution in [0.25, 0.3) is 33.1 Å². The first-order valence-corrected chi connectivity index (χ1v) is 16.5. The summed E-state index contributed by atoms with van der Waals surface area (Å²) in [5.74, 6) is -2.33. The van der Waals surface area contributed by atoms with E-state index in [1.165, 1.54) is 6.08 Å². The van der Waals surface area contributed by atoms with Crippen molar-refractivity contribution >= 4 is 45.0 Å². The Labute approximate surface area is 283 Å². The lowest BCUT2D eigenvalue weighted by molar-refractivity contribution is -0.112. The van der Waals surface area contributed by atoms with Crippen LogP contribution < -0.4 is 15.5 Å². The Morgan fingerprint density at radius 3 is 2.57 bits per heavy atom. The SMILES string of the molecule is Cc1cc2c(nc(C)n2C)c2c1-c1cccc3c(C(=O)c4cc(F)c(NC(=O)/C=C/CNC5COC(C)(C)C5)c(F)c4)cn(c13)CCN2C. The van der Waals surface area contributed by atoms with Gasteiger partial charge in [-0.1, -0.05) is 24.3 Å². The Morgan fingerprint density at radius 2 is 1.86 bits per heavy atom. The zero-order valence-corrected chi connectivity index (χ0v) is 28.6. The van der Waals surface area contributed by atoms with Gasteiger partial charge in [0.2, 0.25) is 5.91 Å². The lowest BCUT2D eigenvalue weighted by Crippen LogP contribution is -2.30. The Morgan fingerprint density at radius 1 is 1.10 bits per heavy atom. The van der Waals surface area contributed by atoms with Gasteiger partial charge in [0.1, 0.15) is 28.7 Å². The summed E-state index contributed by atoms with van der Waals surface area (Å²) in [6.45, 7) is 10.3. The molecule has 7 rings (SSSR count). The largest absolute Gasteiger partial charge is 0.374 e. The van der Waals surface area contributed by atoms with Crippen LogP contribution in [0.1, 0.15) is 47.6 Å². The van der Waals surface area contributed by atoms with Crippen LogP contribution in [-0.4, -0.2) is 64.2 Å². The summed E-state index contributed by atoms with van der Waals surface area (Å²) in [5.41, 5.74) is 6.36. The monoisotopic (exact) mass is 666 g/mol. The number of amides is 1. The van der Waals surface area contributed by atoms with Crippen LogP contribution >= 0.6 is 0 Å². The van der Waals surface area contributed by atoms with E-state index in [2.05, 4.69) is 33.1 Å². The van der Waals surface area contributed by atoms with Gasteiger partial charge >= 0.3 is 0 Å². The molecule has 0 spiro atoms. The van der Waals surface area contributed by atoms with Gasteiger partial charge in [-0.15, -0.1) is 0 Å². The van der Waals surface area contributed by atoms with Gasteiger partial charge in [0.25, 0.3) is 0 Å². The van der Waals surface area contributed by atoms with E-state index < -0.39 is 29.0 Å². The molecule has 254 valence electrons. The summed E-state index contributed by atoms with van der Waals surface area (Å²) >= 11 is 0. The zero-order chi connectivity index (χ0) is 34.8. The van der Waals surface area contributed by atoms with E-state index in [0.29, 0.717) is 37.2 Å². The molecule has 5 aromatic rings. The normalized spacial score (nSPS) is 17.1. The summed E-state index contributed by atoms with van der Waals surface area (Å²) in [6, 6.07) is 10.1. The minimum Gasteiger partial charge on any atom is -0.374 e. The van der Waals surface area contributed by atoms with Gasteiger partial charge in [0.05, 0.1) is 28.9 Å². The number of imidazole rings is 1. The maximum absolute atomic E-state index is 15.3. The molecule has 0 saturated carbocycles. The molecule has 1 amide bonds. The second-order valence-electron chi connectivity index (χ2n) is 13.8. The van der Waals surface area contributed by atoms with Crippen LogP contribution in [0.4, 0.5) is 20.2 Å². The lowest BCUT2D eigenvalue weighted by Gasteiger charge is -2.28. The molecule has 2 N–H and O–H groups in total. The van der Waals surface area contributed by atoms with Gasteiger partial charge in [-0.05, 0) is 57.9 Å². The van der Waals surface area contributed by atoms with Crippen molar-refractivity contribution < 1.29 is 23.1 Å². The molecule has 0 radical (unpaired) electrons. The number of halogens is 2. The fraction of sp³-hybridized carbons (Fsp3) is 0.342. The Balaban J connectivity index is 1.17. The maximum Gasteiger partial charge on any atom is 0.248 e. The van der Waals surface area contributed by atoms with Crippen molar-refractivity contribution in [2.45, 2.75) is 52.3 Å². The van der Waals surface area contributed by atoms with E-state index in [9.17, 15) is 9.59 Å². The molecule has 49 heavy (non-hydrogen) atoms. The highest BCUT2D eigenvalue weighted by Crippen LogP contribution is 2.44. The second-order valence-corrected chi connectivity index (χ2v) is 13.8. The molecular formula is C38H40F2N6O3. The van der Waals surface area contributed by atoms with Crippen molar-refractivity contribution in [3.05, 3.63) is 88.9 Å². The van der Waals surface area contributed by atoms with Crippen molar-refractivity contribution in [1.82, 2.24) is 19.4 Å². The van der Waals surface area contributed by atoms with Crippen LogP contribution in [0.15, 0.2) is 54.7 Å². The number of nitrogens with zero attached hydrogens (tertiary/aromatic N) is 4. The summed E-state index contributed by atoms with van der Waals surface area (Å²) in [4.78, 5) is 33.6. The third kappa shape index (κ3) is 5.80. The molecule has 1 fully saturated rings. The highest BCUT2D eigenvalue weighted by Gasteiger charge is 2.31. The minimum absolute atomic E-state index is 0.145. The molecule has 11 heteroatoms. The Hall–Kier alpha value is -4.87. The number of para-hydroxylation sites is 1. The lowest BCUT2D eigenvalue weighted by atomic mass is 9.93. The maximum atomic E-state index is 15.3. The van der Waals surface area contributed by atoms with Crippen molar-refractivity contribution in [2.24, 2.45) is 7.05 Å². The molecule has 0 bridgehead atoms. The van der Waals surface area contributed by atoms with E-state index in [4.69, 9.17) is 9.72 Å². The topological polar surface area (TPSA) is 93.4 Å². The molecule has 2 aliphatic rings. The summed E-state index contributed by atoms with van der Waals surface area (Å²) in [6.07, 6.45) is 5.43. The highest BCUT2D eigenvalue weighted by molar-refractivity contribution is 6.19. The number of benzene rings is 3. The molecular weight excluding hydrogens is 626 g/mol. The number of nitrogens with one attached hydrogen (secondary N) is 2. The quantitative estimate of drug-likeness (QED) is 0.154. The van der Waals surface area contributed by atoms with Crippen LogP contribution in [0, 0.1) is 25.5 Å². The number of aromatic nitrogens is 3. The van der Waals surface area contributed by atoms with Gasteiger partial charge < -0.3 is 29.4 Å². The number of rotatable bonds is 7. The number of carbonyl (C=O) groups excluding carboxylic acids is 2. The minimum atomic E-state index is -1.03. The van der Waals surface area contributed by atoms with Crippen molar-refractivity contribution in [3.63, 3.8) is 0 Å². The number of anilines is 2. The standard InChI is InChI=1S/C38H40F2N6O3/c1-21-15-30-34(42-22(2)45(30)6)36-32(21)26-10-7-9-25-27(19-46(35(25)26)14-13-44(36)5)37(48)23-16-28(39)33(29(40)17-23)43-31(47)11-8-12-41-24-18-38(3,4)49-20-24/h7-11,15-17,19,24,41H,12-14,18,20H2,1-6H3,(H,43,47)/b11-8+. The van der Waals surface area contributed by atoms with Crippen LogP contribution in [0.2, 0.25) is 0 Å². The third-order valence-electron chi connectivity index (χ3n) is 9.80. The number of hydrogen-bond acceptors (Lipinski definition) is 6. The molecule has 0 aliphatic carbocycles. The van der Waals surface area contributed by atoms with Crippen LogP contribution in [0.5, 0.6) is 0 Å². The summed E-state index contributed by atoms with van der Waals surface area (Å²) < 4.78 is 40.5. The molecule has 2 aliphatic heterocycles. The molecule has 2 aromatic heterocycles. The van der Waals surface area contributed by atoms with E-state index in [1.54, 1.807) is 12.3 Å². The van der Waals surface area contributed by atoms with Gasteiger partial charge in [-0.2, -0.15) is 0 Å². The predicted molar refractivity (Wildman–Crippen MR) is 188 cm³/mol. The average Bonchev–Trinajstić information content (AvgIpc) is 3.70. The number of hydrogen-bond donors (Lipinski definition) is 2. The zero-order valence-electron chi connectivity index (χ0n) is 28.6. The molecule has 1 atom stereocenters. The number of ether oxygens (including phenoxy) is 1. The van der Waals surface area contributed by atoms with E-state index >= 15 is 8.78 Å². The fourth-order valence-corrected chi connectivity index (χ4v) is 7.26. The number of likely N-dealkylation sites (N-methyl/N-ethyl adjacent to an activating group) is 1. The van der Waals surface area contributed by atoms with E-state index in [1.807, 2.05) is 57.6 Å². The molecule has 1 unspecified atom stereocenters. The van der Waals surface area contributed by atoms with Gasteiger partial charge in [0, 0.05) is 79.7 Å². The molecule has 4 heterocycles. The fourth-order valence-electron chi connectivity index (χ4n) is 7.26. The van der Waals surface area contributed by atoms with Gasteiger partial charge in [-0.25, -0.2) is 13.8 Å². The number of aryl methyl sites for hydroxylation is 3. The first kappa shape index (κ1) is 32.7. The number of ketones is 1. The predicted octanol–water partition coefficient (Wildman–Crippen LogP) is 6.42. The highest BCUT2D eigenvalue weighted by atomic mass is 19.1. The first-order chi connectivity index (χ1) is 23.3.